The first-order valence-electron chi connectivity index (χ1n) is 5.79. The van der Waals surface area contributed by atoms with Crippen molar-refractivity contribution in [2.45, 2.75) is 26.3 Å². The molecule has 0 aromatic carbocycles. The molecular weight excluding hydrogens is 220 g/mol. The first kappa shape index (κ1) is 11.6. The smallest absolute Gasteiger partial charge is 0.224 e. The van der Waals surface area contributed by atoms with Crippen LogP contribution < -0.4 is 10.6 Å². The predicted octanol–water partition coefficient (Wildman–Crippen LogP) is 1.67. The van der Waals surface area contributed by atoms with Crippen molar-refractivity contribution in [1.82, 2.24) is 10.6 Å². The van der Waals surface area contributed by atoms with Crippen molar-refractivity contribution in [3.05, 3.63) is 21.9 Å². The Kier molecular flexibility index (Phi) is 3.96. The van der Waals surface area contributed by atoms with Crippen LogP contribution in [-0.4, -0.2) is 19.0 Å². The Hall–Kier alpha value is -0.870. The minimum absolute atomic E-state index is 0.162. The molecule has 0 spiro atoms. The molecule has 4 heteroatoms. The van der Waals surface area contributed by atoms with Crippen LogP contribution in [0, 0.1) is 12.8 Å². The molecule has 3 nitrogen and oxygen atoms in total. The second kappa shape index (κ2) is 5.46. The summed E-state index contributed by atoms with van der Waals surface area (Å²) in [6.07, 6.45) is 2.12. The Morgan fingerprint density at radius 3 is 3.12 bits per heavy atom. The van der Waals surface area contributed by atoms with Crippen LogP contribution in [0.1, 0.15) is 22.6 Å². The van der Waals surface area contributed by atoms with E-state index in [9.17, 15) is 4.79 Å². The molecule has 16 heavy (non-hydrogen) atoms. The van der Waals surface area contributed by atoms with E-state index in [1.54, 1.807) is 11.3 Å². The SMILES string of the molecule is Cc1ccc(CNC(=O)C2CCCNC2)s1. The molecule has 0 saturated carbocycles. The number of amides is 1. The molecule has 88 valence electrons. The van der Waals surface area contributed by atoms with Crippen molar-refractivity contribution >= 4 is 17.2 Å². The predicted molar refractivity (Wildman–Crippen MR) is 66.5 cm³/mol. The van der Waals surface area contributed by atoms with E-state index in [1.165, 1.54) is 9.75 Å². The van der Waals surface area contributed by atoms with E-state index in [-0.39, 0.29) is 11.8 Å². The highest BCUT2D eigenvalue weighted by Gasteiger charge is 2.20. The lowest BCUT2D eigenvalue weighted by atomic mass is 9.99. The highest BCUT2D eigenvalue weighted by molar-refractivity contribution is 7.11. The van der Waals surface area contributed by atoms with Gasteiger partial charge in [0.05, 0.1) is 12.5 Å². The van der Waals surface area contributed by atoms with Gasteiger partial charge in [-0.2, -0.15) is 0 Å². The first-order chi connectivity index (χ1) is 7.75. The Morgan fingerprint density at radius 2 is 2.50 bits per heavy atom. The average molecular weight is 238 g/mol. The summed E-state index contributed by atoms with van der Waals surface area (Å²) >= 11 is 1.75. The van der Waals surface area contributed by atoms with Crippen LogP contribution in [0.5, 0.6) is 0 Å². The average Bonchev–Trinajstić information content (AvgIpc) is 2.73. The zero-order valence-electron chi connectivity index (χ0n) is 9.58. The number of carbonyl (C=O) groups is 1. The highest BCUT2D eigenvalue weighted by Crippen LogP contribution is 2.15. The number of piperidine rings is 1. The molecule has 0 aliphatic carbocycles. The van der Waals surface area contributed by atoms with Crippen molar-refractivity contribution in [3.63, 3.8) is 0 Å². The van der Waals surface area contributed by atoms with Crippen molar-refractivity contribution in [1.29, 1.82) is 0 Å². The maximum Gasteiger partial charge on any atom is 0.224 e. The molecule has 0 bridgehead atoms. The molecule has 1 saturated heterocycles. The lowest BCUT2D eigenvalue weighted by Gasteiger charge is -2.21. The molecule has 1 fully saturated rings. The van der Waals surface area contributed by atoms with Gasteiger partial charge in [0, 0.05) is 16.3 Å². The zero-order chi connectivity index (χ0) is 11.4. The van der Waals surface area contributed by atoms with Crippen LogP contribution in [0.2, 0.25) is 0 Å². The van der Waals surface area contributed by atoms with E-state index in [4.69, 9.17) is 0 Å². The third kappa shape index (κ3) is 3.06. The second-order valence-corrected chi connectivity index (χ2v) is 5.65. The maximum atomic E-state index is 11.8. The molecule has 2 rings (SSSR count). The zero-order valence-corrected chi connectivity index (χ0v) is 10.4. The molecule has 1 aromatic rings. The number of thiophene rings is 1. The van der Waals surface area contributed by atoms with Crippen molar-refractivity contribution in [3.8, 4) is 0 Å². The number of rotatable bonds is 3. The number of aryl methyl sites for hydroxylation is 1. The molecule has 1 aromatic heterocycles. The fraction of sp³-hybridized carbons (Fsp3) is 0.583. The van der Waals surface area contributed by atoms with E-state index in [2.05, 4.69) is 29.7 Å². The summed E-state index contributed by atoms with van der Waals surface area (Å²) in [5.74, 6) is 0.355. The Bertz CT molecular complexity index is 356. The largest absolute Gasteiger partial charge is 0.351 e. The molecule has 1 atom stereocenters. The fourth-order valence-electron chi connectivity index (χ4n) is 1.97. The Balaban J connectivity index is 1.78. The molecular formula is C12H18N2OS. The Labute approximate surface area is 100 Å². The van der Waals surface area contributed by atoms with Crippen LogP contribution in [0.4, 0.5) is 0 Å². The molecule has 1 unspecified atom stereocenters. The summed E-state index contributed by atoms with van der Waals surface area (Å²) < 4.78 is 0. The number of nitrogens with one attached hydrogen (secondary N) is 2. The summed E-state index contributed by atoms with van der Waals surface area (Å²) in [7, 11) is 0. The standard InChI is InChI=1S/C12H18N2OS/c1-9-4-5-11(16-9)8-14-12(15)10-3-2-6-13-7-10/h4-5,10,13H,2-3,6-8H2,1H3,(H,14,15). The van der Waals surface area contributed by atoms with Crippen molar-refractivity contribution in [2.24, 2.45) is 5.92 Å². The van der Waals surface area contributed by atoms with Gasteiger partial charge in [-0.1, -0.05) is 0 Å². The molecule has 1 amide bonds. The summed E-state index contributed by atoms with van der Waals surface area (Å²) in [5.41, 5.74) is 0. The number of carbonyl (C=O) groups excluding carboxylic acids is 1. The fourth-order valence-corrected chi connectivity index (χ4v) is 2.80. The van der Waals surface area contributed by atoms with E-state index in [1.807, 2.05) is 0 Å². The van der Waals surface area contributed by atoms with Gasteiger partial charge in [-0.15, -0.1) is 11.3 Å². The monoisotopic (exact) mass is 238 g/mol. The van der Waals surface area contributed by atoms with Crippen LogP contribution in [-0.2, 0) is 11.3 Å². The summed E-state index contributed by atoms with van der Waals surface area (Å²) in [6.45, 7) is 4.64. The molecule has 2 heterocycles. The van der Waals surface area contributed by atoms with Crippen LogP contribution in [0.15, 0.2) is 12.1 Å². The highest BCUT2D eigenvalue weighted by atomic mass is 32.1. The lowest BCUT2D eigenvalue weighted by Crippen LogP contribution is -2.40. The van der Waals surface area contributed by atoms with Gasteiger partial charge < -0.3 is 10.6 Å². The lowest BCUT2D eigenvalue weighted by molar-refractivity contribution is -0.125. The molecule has 2 N–H and O–H groups in total. The van der Waals surface area contributed by atoms with E-state index in [0.29, 0.717) is 6.54 Å². The third-order valence-corrected chi connectivity index (χ3v) is 3.90. The van der Waals surface area contributed by atoms with E-state index < -0.39 is 0 Å². The molecule has 1 aliphatic heterocycles. The Morgan fingerprint density at radius 1 is 1.62 bits per heavy atom. The van der Waals surface area contributed by atoms with Crippen molar-refractivity contribution in [2.75, 3.05) is 13.1 Å². The van der Waals surface area contributed by atoms with E-state index >= 15 is 0 Å². The van der Waals surface area contributed by atoms with Gasteiger partial charge in [0.15, 0.2) is 0 Å². The summed E-state index contributed by atoms with van der Waals surface area (Å²) in [5, 5.41) is 6.27. The van der Waals surface area contributed by atoms with Gasteiger partial charge in [0.2, 0.25) is 5.91 Å². The number of hydrogen-bond acceptors (Lipinski definition) is 3. The molecule has 0 radical (unpaired) electrons. The van der Waals surface area contributed by atoms with Crippen LogP contribution in [0.3, 0.4) is 0 Å². The quantitative estimate of drug-likeness (QED) is 0.841. The second-order valence-electron chi connectivity index (χ2n) is 4.27. The minimum atomic E-state index is 0.162. The van der Waals surface area contributed by atoms with Gasteiger partial charge in [-0.3, -0.25) is 4.79 Å². The minimum Gasteiger partial charge on any atom is -0.351 e. The van der Waals surface area contributed by atoms with Gasteiger partial charge in [-0.25, -0.2) is 0 Å². The summed E-state index contributed by atoms with van der Waals surface area (Å²) in [6, 6.07) is 4.17. The van der Waals surface area contributed by atoms with Crippen LogP contribution in [0.25, 0.3) is 0 Å². The molecule has 1 aliphatic rings. The van der Waals surface area contributed by atoms with Crippen molar-refractivity contribution < 1.29 is 4.79 Å². The number of hydrogen-bond donors (Lipinski definition) is 2. The topological polar surface area (TPSA) is 41.1 Å². The third-order valence-electron chi connectivity index (χ3n) is 2.90. The van der Waals surface area contributed by atoms with Crippen LogP contribution >= 0.6 is 11.3 Å². The van der Waals surface area contributed by atoms with Gasteiger partial charge in [-0.05, 0) is 38.4 Å². The van der Waals surface area contributed by atoms with Gasteiger partial charge >= 0.3 is 0 Å². The van der Waals surface area contributed by atoms with E-state index in [0.717, 1.165) is 25.9 Å². The summed E-state index contributed by atoms with van der Waals surface area (Å²) in [4.78, 5) is 14.4. The van der Waals surface area contributed by atoms with Gasteiger partial charge in [0.1, 0.15) is 0 Å². The maximum absolute atomic E-state index is 11.8. The van der Waals surface area contributed by atoms with Gasteiger partial charge in [0.25, 0.3) is 0 Å². The normalized spacial score (nSPS) is 20.7. The first-order valence-corrected chi connectivity index (χ1v) is 6.61.